The maximum absolute atomic E-state index is 12.7. The topological polar surface area (TPSA) is 101 Å². The summed E-state index contributed by atoms with van der Waals surface area (Å²) in [5, 5.41) is 9.21. The van der Waals surface area contributed by atoms with Crippen LogP contribution in [0.1, 0.15) is 29.9 Å². The van der Waals surface area contributed by atoms with Gasteiger partial charge in [-0.05, 0) is 25.5 Å². The lowest BCUT2D eigenvalue weighted by atomic mass is 10.1. The molecular formula is C14H22N4O3. The number of aliphatic hydroxyl groups excluding tert-OH is 1. The van der Waals surface area contributed by atoms with Crippen molar-refractivity contribution in [1.29, 1.82) is 0 Å². The van der Waals surface area contributed by atoms with Gasteiger partial charge in [0.25, 0.3) is 5.91 Å². The smallest absolute Gasteiger partial charge is 0.254 e. The van der Waals surface area contributed by atoms with Crippen molar-refractivity contribution in [3.8, 4) is 0 Å². The number of amides is 1. The van der Waals surface area contributed by atoms with Crippen molar-refractivity contribution >= 4 is 11.7 Å². The highest BCUT2D eigenvalue weighted by Gasteiger charge is 2.30. The maximum Gasteiger partial charge on any atom is 0.254 e. The standard InChI is InChI=1S/C14H22N4O3/c1-3-11-4-10(5-13(16-11)17-15)14(20)18-6-12(7-19)21-8-9(18)2/h4-5,9,12,19H,3,6-8,15H2,1-2H3,(H,16,17). The Morgan fingerprint density at radius 1 is 1.62 bits per heavy atom. The van der Waals surface area contributed by atoms with Gasteiger partial charge in [-0.15, -0.1) is 0 Å². The molecule has 0 spiro atoms. The molecule has 0 bridgehead atoms. The summed E-state index contributed by atoms with van der Waals surface area (Å²) in [4.78, 5) is 18.7. The first-order valence-corrected chi connectivity index (χ1v) is 7.10. The third kappa shape index (κ3) is 3.49. The quantitative estimate of drug-likeness (QED) is 0.540. The highest BCUT2D eigenvalue weighted by Crippen LogP contribution is 2.18. The summed E-state index contributed by atoms with van der Waals surface area (Å²) in [5.74, 6) is 5.77. The van der Waals surface area contributed by atoms with E-state index in [9.17, 15) is 9.90 Å². The monoisotopic (exact) mass is 294 g/mol. The Labute approximate surface area is 124 Å². The lowest BCUT2D eigenvalue weighted by Gasteiger charge is -2.37. The number of hydrazine groups is 1. The molecule has 1 amide bonds. The summed E-state index contributed by atoms with van der Waals surface area (Å²) < 4.78 is 5.46. The van der Waals surface area contributed by atoms with E-state index in [1.54, 1.807) is 17.0 Å². The third-order valence-corrected chi connectivity index (χ3v) is 3.61. The molecule has 7 heteroatoms. The first-order chi connectivity index (χ1) is 10.1. The van der Waals surface area contributed by atoms with Crippen LogP contribution in [0.4, 0.5) is 5.82 Å². The van der Waals surface area contributed by atoms with E-state index in [-0.39, 0.29) is 24.7 Å². The Balaban J connectivity index is 2.25. The zero-order valence-electron chi connectivity index (χ0n) is 12.4. The number of nitrogens with one attached hydrogen (secondary N) is 1. The third-order valence-electron chi connectivity index (χ3n) is 3.61. The van der Waals surface area contributed by atoms with E-state index in [1.165, 1.54) is 0 Å². The number of rotatable bonds is 4. The number of morpholine rings is 1. The summed E-state index contributed by atoms with van der Waals surface area (Å²) in [6.07, 6.45) is 0.387. The van der Waals surface area contributed by atoms with Crippen LogP contribution >= 0.6 is 0 Å². The zero-order chi connectivity index (χ0) is 15.4. The van der Waals surface area contributed by atoms with E-state index in [4.69, 9.17) is 10.6 Å². The second kappa shape index (κ2) is 6.84. The van der Waals surface area contributed by atoms with E-state index in [1.807, 2.05) is 13.8 Å². The Bertz CT molecular complexity index is 487. The van der Waals surface area contributed by atoms with Crippen LogP contribution in [0, 0.1) is 0 Å². The van der Waals surface area contributed by atoms with Crippen molar-refractivity contribution in [3.63, 3.8) is 0 Å². The van der Waals surface area contributed by atoms with Crippen LogP contribution in [0.25, 0.3) is 0 Å². The number of carbonyl (C=O) groups excluding carboxylic acids is 1. The number of anilines is 1. The molecule has 2 unspecified atom stereocenters. The molecule has 1 aliphatic heterocycles. The van der Waals surface area contributed by atoms with Gasteiger partial charge in [0.2, 0.25) is 0 Å². The highest BCUT2D eigenvalue weighted by atomic mass is 16.5. The first kappa shape index (κ1) is 15.7. The summed E-state index contributed by atoms with van der Waals surface area (Å²) in [6.45, 7) is 4.60. The summed E-state index contributed by atoms with van der Waals surface area (Å²) >= 11 is 0. The van der Waals surface area contributed by atoms with Gasteiger partial charge in [0.05, 0.1) is 25.4 Å². The Morgan fingerprint density at radius 2 is 2.38 bits per heavy atom. The molecule has 7 nitrogen and oxygen atoms in total. The minimum absolute atomic E-state index is 0.0344. The van der Waals surface area contributed by atoms with Gasteiger partial charge in [-0.3, -0.25) is 4.79 Å². The summed E-state index contributed by atoms with van der Waals surface area (Å²) in [5.41, 5.74) is 3.83. The predicted molar refractivity (Wildman–Crippen MR) is 78.7 cm³/mol. The molecule has 2 heterocycles. The number of hydrogen-bond donors (Lipinski definition) is 3. The molecule has 0 aliphatic carbocycles. The number of nitrogen functional groups attached to an aromatic ring is 1. The average Bonchev–Trinajstić information content (AvgIpc) is 2.54. The van der Waals surface area contributed by atoms with Crippen molar-refractivity contribution in [3.05, 3.63) is 23.4 Å². The van der Waals surface area contributed by atoms with Gasteiger partial charge in [0, 0.05) is 17.8 Å². The number of ether oxygens (including phenoxy) is 1. The number of nitrogens with zero attached hydrogens (tertiary/aromatic N) is 2. The number of pyridine rings is 1. The fourth-order valence-corrected chi connectivity index (χ4v) is 2.34. The molecule has 1 aliphatic rings. The minimum atomic E-state index is -0.329. The molecule has 1 aromatic heterocycles. The SMILES string of the molecule is CCc1cc(C(=O)N2CC(CO)OCC2C)cc(NN)n1. The van der Waals surface area contributed by atoms with E-state index in [0.717, 1.165) is 5.69 Å². The molecule has 4 N–H and O–H groups in total. The number of nitrogens with two attached hydrogens (primary N) is 1. The van der Waals surface area contributed by atoms with Gasteiger partial charge >= 0.3 is 0 Å². The van der Waals surface area contributed by atoms with E-state index in [0.29, 0.717) is 31.0 Å². The fourth-order valence-electron chi connectivity index (χ4n) is 2.34. The molecule has 1 fully saturated rings. The lowest BCUT2D eigenvalue weighted by Crippen LogP contribution is -2.52. The van der Waals surface area contributed by atoms with Crippen LogP contribution in [0.15, 0.2) is 12.1 Å². The van der Waals surface area contributed by atoms with Crippen LogP contribution in [-0.2, 0) is 11.2 Å². The normalized spacial score (nSPS) is 22.2. The number of aliphatic hydroxyl groups is 1. The highest BCUT2D eigenvalue weighted by molar-refractivity contribution is 5.95. The van der Waals surface area contributed by atoms with Gasteiger partial charge in [-0.25, -0.2) is 10.8 Å². The Hall–Kier alpha value is -1.70. The van der Waals surface area contributed by atoms with Crippen LogP contribution < -0.4 is 11.3 Å². The van der Waals surface area contributed by atoms with Crippen molar-refractivity contribution in [1.82, 2.24) is 9.88 Å². The number of hydrogen-bond acceptors (Lipinski definition) is 6. The van der Waals surface area contributed by atoms with Crippen molar-refractivity contribution < 1.29 is 14.6 Å². The van der Waals surface area contributed by atoms with E-state index < -0.39 is 0 Å². The van der Waals surface area contributed by atoms with Gasteiger partial charge in [0.15, 0.2) is 0 Å². The van der Waals surface area contributed by atoms with Crippen LogP contribution in [0.5, 0.6) is 0 Å². The van der Waals surface area contributed by atoms with Crippen molar-refractivity contribution in [2.75, 3.05) is 25.2 Å². The summed E-state index contributed by atoms with van der Waals surface area (Å²) in [7, 11) is 0. The maximum atomic E-state index is 12.7. The molecule has 2 atom stereocenters. The second-order valence-corrected chi connectivity index (χ2v) is 5.17. The largest absolute Gasteiger partial charge is 0.394 e. The zero-order valence-corrected chi connectivity index (χ0v) is 12.4. The average molecular weight is 294 g/mol. The Kier molecular flexibility index (Phi) is 5.11. The van der Waals surface area contributed by atoms with Crippen LogP contribution in [0.3, 0.4) is 0 Å². The number of carbonyl (C=O) groups is 1. The molecule has 2 rings (SSSR count). The fraction of sp³-hybridized carbons (Fsp3) is 0.571. The predicted octanol–water partition coefficient (Wildman–Crippen LogP) is 0.151. The van der Waals surface area contributed by atoms with Crippen LogP contribution in [0.2, 0.25) is 0 Å². The van der Waals surface area contributed by atoms with Gasteiger partial charge < -0.3 is 20.2 Å². The molecule has 0 saturated carbocycles. The number of aromatic nitrogens is 1. The minimum Gasteiger partial charge on any atom is -0.394 e. The molecule has 0 aromatic carbocycles. The molecular weight excluding hydrogens is 272 g/mol. The molecule has 116 valence electrons. The summed E-state index contributed by atoms with van der Waals surface area (Å²) in [6, 6.07) is 3.38. The molecule has 21 heavy (non-hydrogen) atoms. The van der Waals surface area contributed by atoms with Crippen molar-refractivity contribution in [2.45, 2.75) is 32.4 Å². The second-order valence-electron chi connectivity index (χ2n) is 5.17. The van der Waals surface area contributed by atoms with Gasteiger partial charge in [0.1, 0.15) is 5.82 Å². The van der Waals surface area contributed by atoms with Gasteiger partial charge in [-0.2, -0.15) is 0 Å². The first-order valence-electron chi connectivity index (χ1n) is 7.10. The van der Waals surface area contributed by atoms with E-state index in [2.05, 4.69) is 10.4 Å². The van der Waals surface area contributed by atoms with Gasteiger partial charge in [-0.1, -0.05) is 6.92 Å². The Morgan fingerprint density at radius 3 is 3.00 bits per heavy atom. The lowest BCUT2D eigenvalue weighted by molar-refractivity contribution is -0.0667. The number of aryl methyl sites for hydroxylation is 1. The molecule has 1 saturated heterocycles. The van der Waals surface area contributed by atoms with Crippen LogP contribution in [-0.4, -0.2) is 52.8 Å². The molecule has 1 aromatic rings. The molecule has 0 radical (unpaired) electrons. The van der Waals surface area contributed by atoms with E-state index >= 15 is 0 Å². The van der Waals surface area contributed by atoms with Crippen molar-refractivity contribution in [2.24, 2.45) is 5.84 Å².